The van der Waals surface area contributed by atoms with Gasteiger partial charge in [-0.15, -0.1) is 12.4 Å². The molecule has 0 unspecified atom stereocenters. The first-order valence-electron chi connectivity index (χ1n) is 0. The van der Waals surface area contributed by atoms with Crippen LogP contribution < -0.4 is 0 Å². The zero-order valence-electron chi connectivity index (χ0n) is 1.12. The fourth-order valence-electron chi connectivity index (χ4n) is 0. The summed E-state index contributed by atoms with van der Waals surface area (Å²) in [7, 11) is 0. The Hall–Kier alpha value is 1.68. The Balaban J connectivity index is 0. The molecule has 0 atom stereocenters. The molecule has 3 heteroatoms. The zero-order chi connectivity index (χ0) is 0. The molecule has 0 aromatic carbocycles. The van der Waals surface area contributed by atoms with Gasteiger partial charge < -0.3 is 0 Å². The van der Waals surface area contributed by atoms with Crippen molar-refractivity contribution in [1.29, 1.82) is 0 Å². The van der Waals surface area contributed by atoms with Crippen molar-refractivity contribution in [2.45, 2.75) is 7.43 Å². The number of rotatable bonds is 0. The molecule has 0 saturated carbocycles. The van der Waals surface area contributed by atoms with E-state index < -0.39 is 0 Å². The van der Waals surface area contributed by atoms with Crippen LogP contribution in [-0.4, -0.2) is 23.1 Å². The maximum absolute atomic E-state index is 0. The van der Waals surface area contributed by atoms with Crippen LogP contribution in [0.2, 0.25) is 0 Å². The molecular formula is CH7ClMgZn. The van der Waals surface area contributed by atoms with E-state index in [1.807, 2.05) is 0 Å². The quantitative estimate of drug-likeness (QED) is 0.424. The maximum Gasteiger partial charge on any atom is 0.316 e. The summed E-state index contributed by atoms with van der Waals surface area (Å²) in [5.41, 5.74) is 0. The molecule has 0 saturated heterocycles. The van der Waals surface area contributed by atoms with Gasteiger partial charge >= 0.3 is 23.1 Å². The second-order valence-electron chi connectivity index (χ2n) is 0. The molecule has 22 valence electrons. The number of hydrogen-bond donors (Lipinski definition) is 0. The largest absolute Gasteiger partial charge is 0.316 e. The average molecular weight is 144 g/mol. The third kappa shape index (κ3) is 9.37. The molecule has 0 spiro atoms. The Morgan fingerprint density at radius 1 is 1.00 bits per heavy atom. The Morgan fingerprint density at radius 3 is 1.00 bits per heavy atom. The fraction of sp³-hybridized carbons (Fsp3) is 1.00. The van der Waals surface area contributed by atoms with Crippen molar-refractivity contribution in [3.63, 3.8) is 0 Å². The average Bonchev–Trinajstić information content (AvgIpc) is 0. The van der Waals surface area contributed by atoms with Gasteiger partial charge in [0.05, 0.1) is 0 Å². The minimum absolute atomic E-state index is 0. The van der Waals surface area contributed by atoms with Gasteiger partial charge in [-0.1, -0.05) is 7.43 Å². The van der Waals surface area contributed by atoms with E-state index in [1.165, 1.54) is 0 Å². The van der Waals surface area contributed by atoms with Crippen LogP contribution in [0, 0.1) is 0 Å². The molecule has 0 aromatic heterocycles. The zero-order valence-corrected chi connectivity index (χ0v) is 4.90. The second-order valence-corrected chi connectivity index (χ2v) is 0. The summed E-state index contributed by atoms with van der Waals surface area (Å²) < 4.78 is 0. The van der Waals surface area contributed by atoms with Gasteiger partial charge in [0.15, 0.2) is 0 Å². The maximum atomic E-state index is 0. The molecular weight excluding hydrogens is 137 g/mol. The predicted octanol–water partition coefficient (Wildman–Crippen LogP) is 0.139. The first kappa shape index (κ1) is 44.1. The van der Waals surface area contributed by atoms with Gasteiger partial charge in [0.1, 0.15) is 0 Å². The summed E-state index contributed by atoms with van der Waals surface area (Å²) in [6.45, 7) is 0. The van der Waals surface area contributed by atoms with Crippen molar-refractivity contribution in [2.75, 3.05) is 0 Å². The number of hydrogen-bond acceptors (Lipinski definition) is 0. The van der Waals surface area contributed by atoms with Gasteiger partial charge in [-0.25, -0.2) is 0 Å². The summed E-state index contributed by atoms with van der Waals surface area (Å²) in [5, 5.41) is 0. The van der Waals surface area contributed by atoms with E-state index in [9.17, 15) is 0 Å². The van der Waals surface area contributed by atoms with Crippen molar-refractivity contribution in [1.82, 2.24) is 0 Å². The van der Waals surface area contributed by atoms with Crippen LogP contribution in [0.15, 0.2) is 0 Å². The molecule has 0 aliphatic rings. The molecule has 0 aromatic rings. The van der Waals surface area contributed by atoms with Crippen LogP contribution in [0.25, 0.3) is 0 Å². The van der Waals surface area contributed by atoms with Crippen molar-refractivity contribution in [2.24, 2.45) is 0 Å². The Morgan fingerprint density at radius 2 is 1.00 bits per heavy atom. The summed E-state index contributed by atoms with van der Waals surface area (Å²) in [5.74, 6) is 0. The van der Waals surface area contributed by atoms with E-state index in [0.29, 0.717) is 0 Å². The fourth-order valence-corrected chi connectivity index (χ4v) is 0. The minimum Gasteiger partial charge on any atom is -0.147 e. The van der Waals surface area contributed by atoms with Gasteiger partial charge in [0, 0.05) is 19.5 Å². The molecule has 0 radical (unpaired) electrons. The van der Waals surface area contributed by atoms with Gasteiger partial charge in [-0.3, -0.25) is 0 Å². The topological polar surface area (TPSA) is 0 Å². The van der Waals surface area contributed by atoms with E-state index >= 15 is 0 Å². The summed E-state index contributed by atoms with van der Waals surface area (Å²) in [6.07, 6.45) is 0. The molecule has 0 amide bonds. The molecule has 4 heavy (non-hydrogen) atoms. The van der Waals surface area contributed by atoms with E-state index in [2.05, 4.69) is 0 Å². The predicted molar refractivity (Wildman–Crippen MR) is 22.5 cm³/mol. The van der Waals surface area contributed by atoms with Crippen molar-refractivity contribution in [3.8, 4) is 0 Å². The van der Waals surface area contributed by atoms with Crippen LogP contribution >= 0.6 is 12.4 Å². The van der Waals surface area contributed by atoms with Gasteiger partial charge in [0.25, 0.3) is 0 Å². The summed E-state index contributed by atoms with van der Waals surface area (Å²) >= 11 is 0. The van der Waals surface area contributed by atoms with Gasteiger partial charge in [0.2, 0.25) is 0 Å². The minimum atomic E-state index is 0. The standard InChI is InChI=1S/CH4.ClH.Mg.Zn.2H/h1H4;1H;;;;. The first-order chi connectivity index (χ1) is 0. The van der Waals surface area contributed by atoms with Crippen LogP contribution in [-0.2, 0) is 19.5 Å². The van der Waals surface area contributed by atoms with Crippen LogP contribution in [0.4, 0.5) is 0 Å². The SMILES string of the molecule is C.Cl.[MgH2].[Zn]. The van der Waals surface area contributed by atoms with Gasteiger partial charge in [-0.05, 0) is 0 Å². The summed E-state index contributed by atoms with van der Waals surface area (Å²) in [6, 6.07) is 0. The Kier molecular flexibility index (Phi) is 248. The van der Waals surface area contributed by atoms with E-state index in [4.69, 9.17) is 0 Å². The Labute approximate surface area is 62.0 Å². The molecule has 0 bridgehead atoms. The van der Waals surface area contributed by atoms with Crippen molar-refractivity contribution in [3.05, 3.63) is 0 Å². The van der Waals surface area contributed by atoms with Crippen molar-refractivity contribution >= 4 is 35.5 Å². The molecule has 0 rings (SSSR count). The third-order valence-corrected chi connectivity index (χ3v) is 0. The third-order valence-electron chi connectivity index (χ3n) is 0. The van der Waals surface area contributed by atoms with E-state index in [1.54, 1.807) is 0 Å². The number of halogens is 1. The van der Waals surface area contributed by atoms with Crippen molar-refractivity contribution < 1.29 is 19.5 Å². The molecule has 0 aliphatic carbocycles. The Bertz CT molecular complexity index is 8.00. The molecule has 0 N–H and O–H groups in total. The van der Waals surface area contributed by atoms with Crippen LogP contribution in [0.5, 0.6) is 0 Å². The van der Waals surface area contributed by atoms with Crippen LogP contribution in [0.3, 0.4) is 0 Å². The first-order valence-corrected chi connectivity index (χ1v) is 0. The van der Waals surface area contributed by atoms with E-state index in [-0.39, 0.29) is 62.4 Å². The monoisotopic (exact) mass is 142 g/mol. The summed E-state index contributed by atoms with van der Waals surface area (Å²) in [4.78, 5) is 0. The molecule has 0 nitrogen and oxygen atoms in total. The smallest absolute Gasteiger partial charge is 0.147 e. The van der Waals surface area contributed by atoms with Gasteiger partial charge in [-0.2, -0.15) is 0 Å². The normalized spacial score (nSPS) is 0. The van der Waals surface area contributed by atoms with Crippen LogP contribution in [0.1, 0.15) is 7.43 Å². The second kappa shape index (κ2) is 22.5. The molecule has 0 heterocycles. The van der Waals surface area contributed by atoms with E-state index in [0.717, 1.165) is 0 Å². The molecule has 0 fully saturated rings. The molecule has 0 aliphatic heterocycles.